The molecule has 0 fully saturated rings. The Kier molecular flexibility index (Phi) is 6.98. The SMILES string of the molecule is CCOc1ccc(NC2=Nc3ccccc3N3C2=Nc2c(c(C)nn2-c2ccccc2)[C@H]3c2ccc(OC)c(OC)c2)cc1. The number of methoxy groups -OCH3 is 2. The van der Waals surface area contributed by atoms with Gasteiger partial charge in [-0.15, -0.1) is 0 Å². The second kappa shape index (κ2) is 11.3. The van der Waals surface area contributed by atoms with Gasteiger partial charge < -0.3 is 24.4 Å². The van der Waals surface area contributed by atoms with Crippen LogP contribution in [-0.4, -0.2) is 42.3 Å². The predicted molar refractivity (Wildman–Crippen MR) is 174 cm³/mol. The number of anilines is 2. The van der Waals surface area contributed by atoms with Crippen molar-refractivity contribution in [1.29, 1.82) is 0 Å². The van der Waals surface area contributed by atoms with E-state index in [1.165, 1.54) is 0 Å². The molecule has 0 aliphatic carbocycles. The van der Waals surface area contributed by atoms with E-state index >= 15 is 0 Å². The van der Waals surface area contributed by atoms with Crippen molar-refractivity contribution in [2.45, 2.75) is 19.9 Å². The monoisotopic (exact) mass is 584 g/mol. The molecule has 1 N–H and O–H groups in total. The van der Waals surface area contributed by atoms with E-state index in [2.05, 4.69) is 22.3 Å². The fourth-order valence-electron chi connectivity index (χ4n) is 5.82. The normalized spacial score (nSPS) is 14.9. The van der Waals surface area contributed by atoms with Crippen LogP contribution in [0.4, 0.5) is 22.9 Å². The Bertz CT molecular complexity index is 1900. The van der Waals surface area contributed by atoms with E-state index in [9.17, 15) is 0 Å². The van der Waals surface area contributed by atoms with Crippen LogP contribution < -0.4 is 24.4 Å². The number of ether oxygens (including phenoxy) is 3. The van der Waals surface area contributed by atoms with Crippen molar-refractivity contribution in [1.82, 2.24) is 9.78 Å². The van der Waals surface area contributed by atoms with Crippen LogP contribution >= 0.6 is 0 Å². The highest BCUT2D eigenvalue weighted by Crippen LogP contribution is 2.49. The van der Waals surface area contributed by atoms with Gasteiger partial charge >= 0.3 is 0 Å². The number of amidine groups is 2. The Labute approximate surface area is 256 Å². The Morgan fingerprint density at radius 2 is 1.57 bits per heavy atom. The summed E-state index contributed by atoms with van der Waals surface area (Å²) in [5.74, 6) is 4.18. The van der Waals surface area contributed by atoms with Gasteiger partial charge in [0.05, 0.1) is 49.6 Å². The molecule has 0 saturated heterocycles. The smallest absolute Gasteiger partial charge is 0.179 e. The highest BCUT2D eigenvalue weighted by Gasteiger charge is 2.41. The minimum atomic E-state index is -0.288. The minimum Gasteiger partial charge on any atom is -0.494 e. The molecular weight excluding hydrogens is 552 g/mol. The topological polar surface area (TPSA) is 85.5 Å². The van der Waals surface area contributed by atoms with Crippen LogP contribution in [0.1, 0.15) is 29.8 Å². The molecule has 0 amide bonds. The van der Waals surface area contributed by atoms with E-state index in [0.29, 0.717) is 29.8 Å². The lowest BCUT2D eigenvalue weighted by Gasteiger charge is -2.40. The second-order valence-corrected chi connectivity index (χ2v) is 10.4. The van der Waals surface area contributed by atoms with E-state index in [1.807, 2.05) is 103 Å². The van der Waals surface area contributed by atoms with Gasteiger partial charge in [-0.1, -0.05) is 36.4 Å². The van der Waals surface area contributed by atoms with Crippen molar-refractivity contribution in [3.05, 3.63) is 114 Å². The third-order valence-electron chi connectivity index (χ3n) is 7.79. The molecular formula is C35H32N6O3. The number of aromatic nitrogens is 2. The summed E-state index contributed by atoms with van der Waals surface area (Å²) in [4.78, 5) is 12.6. The van der Waals surface area contributed by atoms with Crippen LogP contribution in [-0.2, 0) is 0 Å². The summed E-state index contributed by atoms with van der Waals surface area (Å²) >= 11 is 0. The summed E-state index contributed by atoms with van der Waals surface area (Å²) in [6.45, 7) is 4.62. The average molecular weight is 585 g/mol. The molecule has 1 aromatic heterocycles. The van der Waals surface area contributed by atoms with E-state index in [4.69, 9.17) is 29.3 Å². The number of aliphatic imine (C=N–C) groups is 2. The first-order valence-electron chi connectivity index (χ1n) is 14.5. The molecule has 3 heterocycles. The first kappa shape index (κ1) is 27.3. The lowest BCUT2D eigenvalue weighted by atomic mass is 9.93. The van der Waals surface area contributed by atoms with Crippen molar-refractivity contribution in [2.24, 2.45) is 9.98 Å². The molecule has 0 spiro atoms. The van der Waals surface area contributed by atoms with Crippen LogP contribution in [0.25, 0.3) is 5.69 Å². The van der Waals surface area contributed by atoms with Crippen molar-refractivity contribution in [3.63, 3.8) is 0 Å². The number of benzene rings is 4. The van der Waals surface area contributed by atoms with Gasteiger partial charge in [0.2, 0.25) is 0 Å². The summed E-state index contributed by atoms with van der Waals surface area (Å²) in [7, 11) is 3.30. The largest absolute Gasteiger partial charge is 0.494 e. The molecule has 4 aromatic carbocycles. The summed E-state index contributed by atoms with van der Waals surface area (Å²) in [6.07, 6.45) is 0. The zero-order chi connectivity index (χ0) is 30.2. The minimum absolute atomic E-state index is 0.288. The third-order valence-corrected chi connectivity index (χ3v) is 7.79. The maximum Gasteiger partial charge on any atom is 0.179 e. The summed E-state index contributed by atoms with van der Waals surface area (Å²) in [6, 6.07) is 31.8. The number of fused-ring (bicyclic) bond motifs is 4. The van der Waals surface area contributed by atoms with Crippen LogP contribution in [0.5, 0.6) is 17.2 Å². The van der Waals surface area contributed by atoms with Gasteiger partial charge in [0.1, 0.15) is 5.75 Å². The predicted octanol–water partition coefficient (Wildman–Crippen LogP) is 7.39. The molecule has 2 aliphatic heterocycles. The first-order valence-corrected chi connectivity index (χ1v) is 14.5. The van der Waals surface area contributed by atoms with Crippen molar-refractivity contribution >= 4 is 34.6 Å². The number of nitrogens with zero attached hydrogens (tertiary/aromatic N) is 5. The number of para-hydroxylation sites is 3. The zero-order valence-corrected chi connectivity index (χ0v) is 25.0. The van der Waals surface area contributed by atoms with E-state index < -0.39 is 0 Å². The molecule has 0 radical (unpaired) electrons. The van der Waals surface area contributed by atoms with Gasteiger partial charge in [-0.2, -0.15) is 5.10 Å². The molecule has 1 atom stereocenters. The number of hydrogen-bond donors (Lipinski definition) is 1. The lowest BCUT2D eigenvalue weighted by Crippen LogP contribution is -2.46. The molecule has 0 saturated carbocycles. The Morgan fingerprint density at radius 3 is 2.32 bits per heavy atom. The molecule has 9 nitrogen and oxygen atoms in total. The fourth-order valence-corrected chi connectivity index (χ4v) is 5.82. The van der Waals surface area contributed by atoms with Crippen LogP contribution in [0, 0.1) is 6.92 Å². The maximum absolute atomic E-state index is 5.75. The summed E-state index contributed by atoms with van der Waals surface area (Å²) in [5.41, 5.74) is 6.46. The number of aryl methyl sites for hydroxylation is 1. The highest BCUT2D eigenvalue weighted by molar-refractivity contribution is 6.51. The zero-order valence-electron chi connectivity index (χ0n) is 25.0. The number of rotatable bonds is 7. The van der Waals surface area contributed by atoms with Gasteiger partial charge in [0.25, 0.3) is 0 Å². The maximum atomic E-state index is 5.75. The number of nitrogens with one attached hydrogen (secondary N) is 1. The first-order chi connectivity index (χ1) is 21.6. The van der Waals surface area contributed by atoms with Crippen LogP contribution in [0.15, 0.2) is 107 Å². The molecule has 0 unspecified atom stereocenters. The van der Waals surface area contributed by atoms with Gasteiger partial charge in [-0.05, 0) is 80.1 Å². The van der Waals surface area contributed by atoms with Gasteiger partial charge in [-0.25, -0.2) is 14.7 Å². The van der Waals surface area contributed by atoms with Crippen molar-refractivity contribution < 1.29 is 14.2 Å². The molecule has 5 aromatic rings. The van der Waals surface area contributed by atoms with Crippen molar-refractivity contribution in [2.75, 3.05) is 31.0 Å². The Balaban J connectivity index is 1.46. The molecule has 2 aliphatic rings. The van der Waals surface area contributed by atoms with Gasteiger partial charge in [0.15, 0.2) is 29.0 Å². The highest BCUT2D eigenvalue weighted by atomic mass is 16.5. The third kappa shape index (κ3) is 4.63. The molecule has 0 bridgehead atoms. The summed E-state index contributed by atoms with van der Waals surface area (Å²) < 4.78 is 18.9. The van der Waals surface area contributed by atoms with Gasteiger partial charge in [-0.3, -0.25) is 0 Å². The fraction of sp³-hybridized carbons (Fsp3) is 0.171. The van der Waals surface area contributed by atoms with E-state index in [0.717, 1.165) is 51.1 Å². The average Bonchev–Trinajstić information content (AvgIpc) is 3.40. The van der Waals surface area contributed by atoms with E-state index in [1.54, 1.807) is 14.2 Å². The van der Waals surface area contributed by atoms with Crippen LogP contribution in [0.2, 0.25) is 0 Å². The molecule has 44 heavy (non-hydrogen) atoms. The van der Waals surface area contributed by atoms with Crippen molar-refractivity contribution in [3.8, 4) is 22.9 Å². The van der Waals surface area contributed by atoms with Gasteiger partial charge in [0, 0.05) is 11.3 Å². The standard InChI is InChI=1S/C35H32N6O3/c1-5-44-26-18-16-24(17-19-26)36-33-35-38-34-31(22(2)39-41(34)25-11-7-6-8-12-25)32(23-15-20-29(42-3)30(21-23)43-4)40(35)28-14-10-9-13-27(28)37-33/h6-21,32H,5H2,1-4H3,(H,36,37)/t32-/m1/s1. The number of hydrogen-bond acceptors (Lipinski definition) is 8. The molecule has 220 valence electrons. The quantitative estimate of drug-likeness (QED) is 0.215. The van der Waals surface area contributed by atoms with E-state index in [-0.39, 0.29) is 6.04 Å². The molecule has 9 heteroatoms. The Morgan fingerprint density at radius 1 is 0.818 bits per heavy atom. The second-order valence-electron chi connectivity index (χ2n) is 10.4. The van der Waals surface area contributed by atoms with Crippen LogP contribution in [0.3, 0.4) is 0 Å². The lowest BCUT2D eigenvalue weighted by molar-refractivity contribution is 0.340. The Hall–Kier alpha value is -5.57. The molecule has 7 rings (SSSR count). The summed E-state index contributed by atoms with van der Waals surface area (Å²) in [5, 5.41) is 8.56.